The number of thioether (sulfide) groups is 1. The lowest BCUT2D eigenvalue weighted by Gasteiger charge is -2.30. The highest BCUT2D eigenvalue weighted by Crippen LogP contribution is 2.24. The molecule has 0 radical (unpaired) electrons. The highest BCUT2D eigenvalue weighted by molar-refractivity contribution is 8.00. The van der Waals surface area contributed by atoms with Crippen molar-refractivity contribution in [1.29, 1.82) is 0 Å². The molecule has 2 rings (SSSR count). The van der Waals surface area contributed by atoms with Crippen molar-refractivity contribution in [3.8, 4) is 0 Å². The molecule has 0 aliphatic carbocycles. The van der Waals surface area contributed by atoms with E-state index in [1.165, 1.54) is 11.8 Å². The van der Waals surface area contributed by atoms with Crippen LogP contribution >= 0.6 is 11.8 Å². The Hall–Kier alpha value is -2.32. The molecule has 5 N–H and O–H groups in total. The van der Waals surface area contributed by atoms with E-state index in [1.54, 1.807) is 31.2 Å². The molecule has 0 bridgehead atoms. The molecule has 0 aromatic heterocycles. The zero-order chi connectivity index (χ0) is 17.7. The molecule has 3 atom stereocenters. The van der Waals surface area contributed by atoms with Gasteiger partial charge in [-0.25, -0.2) is 4.79 Å². The molecule has 1 aliphatic heterocycles. The molecule has 24 heavy (non-hydrogen) atoms. The summed E-state index contributed by atoms with van der Waals surface area (Å²) in [6.07, 6.45) is 0.584. The second kappa shape index (κ2) is 7.98. The average Bonchev–Trinajstić information content (AvgIpc) is 2.60. The molecule has 0 fully saturated rings. The summed E-state index contributed by atoms with van der Waals surface area (Å²) in [5, 5.41) is 14.0. The van der Waals surface area contributed by atoms with Crippen molar-refractivity contribution in [3.05, 3.63) is 47.2 Å². The number of amides is 1. The molecule has 1 heterocycles. The van der Waals surface area contributed by atoms with Crippen LogP contribution in [0.1, 0.15) is 18.5 Å². The molecule has 1 aromatic rings. The maximum atomic E-state index is 12.3. The second-order valence-electron chi connectivity index (χ2n) is 5.40. The van der Waals surface area contributed by atoms with Gasteiger partial charge in [-0.2, -0.15) is 0 Å². The van der Waals surface area contributed by atoms with E-state index in [2.05, 4.69) is 10.6 Å². The maximum Gasteiger partial charge on any atom is 0.351 e. The first kappa shape index (κ1) is 18.0. The third kappa shape index (κ3) is 4.15. The fourth-order valence-electron chi connectivity index (χ4n) is 2.28. The quantitative estimate of drug-likeness (QED) is 0.548. The van der Waals surface area contributed by atoms with Crippen LogP contribution in [0.4, 0.5) is 0 Å². The number of hydrogen-bond donors (Lipinski definition) is 4. The maximum absolute atomic E-state index is 12.3. The number of rotatable bonds is 6. The van der Waals surface area contributed by atoms with E-state index in [4.69, 9.17) is 5.73 Å². The van der Waals surface area contributed by atoms with Crippen LogP contribution in [0.2, 0.25) is 0 Å². The summed E-state index contributed by atoms with van der Waals surface area (Å²) in [5.41, 5.74) is 7.28. The van der Waals surface area contributed by atoms with Gasteiger partial charge < -0.3 is 26.3 Å². The summed E-state index contributed by atoms with van der Waals surface area (Å²) in [7, 11) is 0. The normalized spacial score (nSPS) is 19.8. The highest BCUT2D eigenvalue weighted by Gasteiger charge is 2.31. The summed E-state index contributed by atoms with van der Waals surface area (Å²) in [5.74, 6) is -1.12. The summed E-state index contributed by atoms with van der Waals surface area (Å²) in [6.45, 7) is 1.71. The van der Waals surface area contributed by atoms with Gasteiger partial charge in [0.2, 0.25) is 5.91 Å². The van der Waals surface area contributed by atoms with Gasteiger partial charge in [0.05, 0.1) is 0 Å². The van der Waals surface area contributed by atoms with Gasteiger partial charge in [0, 0.05) is 5.75 Å². The molecule has 1 aromatic carbocycles. The smallest absolute Gasteiger partial charge is 0.351 e. The molecule has 0 saturated heterocycles. The van der Waals surface area contributed by atoms with Gasteiger partial charge in [-0.3, -0.25) is 4.79 Å². The van der Waals surface area contributed by atoms with E-state index in [9.17, 15) is 19.5 Å². The molecule has 1 aliphatic rings. The summed E-state index contributed by atoms with van der Waals surface area (Å²) in [4.78, 5) is 34.9. The number of carboxylic acids is 1. The van der Waals surface area contributed by atoms with Crippen molar-refractivity contribution >= 4 is 29.9 Å². The van der Waals surface area contributed by atoms with Crippen LogP contribution in [0.3, 0.4) is 0 Å². The molecule has 128 valence electrons. The van der Waals surface area contributed by atoms with Crippen molar-refractivity contribution in [2.45, 2.75) is 24.4 Å². The number of nitrogens with one attached hydrogen (secondary N) is 2. The van der Waals surface area contributed by atoms with Gasteiger partial charge in [-0.05, 0) is 18.1 Å². The topological polar surface area (TPSA) is 122 Å². The average molecular weight is 349 g/mol. The van der Waals surface area contributed by atoms with E-state index < -0.39 is 29.3 Å². The zero-order valence-electron chi connectivity index (χ0n) is 13.1. The summed E-state index contributed by atoms with van der Waals surface area (Å²) >= 11 is 1.36. The number of hydrogen-bond acceptors (Lipinski definition) is 6. The van der Waals surface area contributed by atoms with E-state index in [-0.39, 0.29) is 5.70 Å². The van der Waals surface area contributed by atoms with Crippen molar-refractivity contribution in [1.82, 2.24) is 10.6 Å². The van der Waals surface area contributed by atoms with Crippen LogP contribution in [-0.4, -0.2) is 40.4 Å². The van der Waals surface area contributed by atoms with Crippen molar-refractivity contribution in [2.24, 2.45) is 5.73 Å². The Bertz CT molecular complexity index is 663. The van der Waals surface area contributed by atoms with Gasteiger partial charge >= 0.3 is 5.97 Å². The van der Waals surface area contributed by atoms with Gasteiger partial charge in [-0.1, -0.05) is 30.3 Å². The van der Waals surface area contributed by atoms with Crippen LogP contribution in [0.15, 0.2) is 41.6 Å². The van der Waals surface area contributed by atoms with Gasteiger partial charge in [0.15, 0.2) is 0 Å². The minimum absolute atomic E-state index is 0.0622. The molecule has 0 saturated carbocycles. The number of carbonyl (C=O) groups is 3. The number of aliphatic carboxylic acids is 1. The van der Waals surface area contributed by atoms with Gasteiger partial charge in [-0.15, -0.1) is 11.8 Å². The van der Waals surface area contributed by atoms with Crippen molar-refractivity contribution in [2.75, 3.05) is 5.75 Å². The number of carbonyl (C=O) groups excluding carboxylic acids is 2. The monoisotopic (exact) mass is 349 g/mol. The van der Waals surface area contributed by atoms with Crippen LogP contribution < -0.4 is 16.4 Å². The van der Waals surface area contributed by atoms with Crippen LogP contribution in [0, 0.1) is 0 Å². The highest BCUT2D eigenvalue weighted by atomic mass is 32.2. The first-order valence-corrected chi connectivity index (χ1v) is 8.36. The van der Waals surface area contributed by atoms with Crippen molar-refractivity contribution in [3.63, 3.8) is 0 Å². The number of benzene rings is 1. The number of carboxylic acid groups (broad SMARTS) is 1. The number of nitrogens with two attached hydrogens (primary N) is 1. The lowest BCUT2D eigenvalue weighted by Crippen LogP contribution is -2.53. The van der Waals surface area contributed by atoms with E-state index in [0.29, 0.717) is 23.2 Å². The van der Waals surface area contributed by atoms with Crippen LogP contribution in [0.25, 0.3) is 0 Å². The summed E-state index contributed by atoms with van der Waals surface area (Å²) in [6, 6.07) is 7.01. The Labute approximate surface area is 143 Å². The third-order valence-electron chi connectivity index (χ3n) is 3.63. The number of aldehydes is 1. The van der Waals surface area contributed by atoms with Crippen molar-refractivity contribution < 1.29 is 19.5 Å². The van der Waals surface area contributed by atoms with E-state index >= 15 is 0 Å². The predicted octanol–water partition coefficient (Wildman–Crippen LogP) is 0.391. The van der Waals surface area contributed by atoms with Gasteiger partial charge in [0.1, 0.15) is 29.4 Å². The largest absolute Gasteiger partial charge is 0.477 e. The Balaban J connectivity index is 2.06. The Morgan fingerprint density at radius 2 is 2.08 bits per heavy atom. The zero-order valence-corrected chi connectivity index (χ0v) is 13.9. The van der Waals surface area contributed by atoms with Crippen LogP contribution in [-0.2, 0) is 14.4 Å². The standard InChI is InChI=1S/C16H19N3O4S/c1-9-8-24-15(19-13(9)16(22)23)11(7-20)18-14(21)12(17)10-5-3-2-4-6-10/h2-7,11-12,15,19H,8,17H2,1H3,(H,18,21)(H,22,23)/t11-,12-,15+/m1/s1. The minimum Gasteiger partial charge on any atom is -0.477 e. The Morgan fingerprint density at radius 1 is 1.42 bits per heavy atom. The lowest BCUT2D eigenvalue weighted by molar-refractivity contribution is -0.133. The molecule has 0 spiro atoms. The predicted molar refractivity (Wildman–Crippen MR) is 91.1 cm³/mol. The molecule has 8 heteroatoms. The van der Waals surface area contributed by atoms with E-state index in [1.807, 2.05) is 6.07 Å². The SMILES string of the molecule is CC1=C(C(=O)O)N[C@H]([C@@H](C=O)NC(=O)[C@H](N)c2ccccc2)SC1. The minimum atomic E-state index is -1.09. The van der Waals surface area contributed by atoms with E-state index in [0.717, 1.165) is 0 Å². The molecule has 1 amide bonds. The first-order valence-electron chi connectivity index (χ1n) is 7.31. The fourth-order valence-corrected chi connectivity index (χ4v) is 3.39. The molecule has 7 nitrogen and oxygen atoms in total. The lowest BCUT2D eigenvalue weighted by atomic mass is 10.1. The van der Waals surface area contributed by atoms with Crippen LogP contribution in [0.5, 0.6) is 0 Å². The Morgan fingerprint density at radius 3 is 2.67 bits per heavy atom. The molecular weight excluding hydrogens is 330 g/mol. The fraction of sp³-hybridized carbons (Fsp3) is 0.312. The summed E-state index contributed by atoms with van der Waals surface area (Å²) < 4.78 is 0. The molecule has 0 unspecified atom stereocenters. The molecular formula is C16H19N3O4S. The Kier molecular flexibility index (Phi) is 5.99. The third-order valence-corrected chi connectivity index (χ3v) is 5.00. The second-order valence-corrected chi connectivity index (χ2v) is 6.53. The van der Waals surface area contributed by atoms with Gasteiger partial charge in [0.25, 0.3) is 0 Å². The first-order chi connectivity index (χ1) is 11.4.